The molecule has 1 saturated heterocycles. The molecule has 1 aliphatic carbocycles. The summed E-state index contributed by atoms with van der Waals surface area (Å²) in [6, 6.07) is 5.80. The number of hydrogen-bond donors (Lipinski definition) is 2. The minimum Gasteiger partial charge on any atom is -0.493 e. The minimum absolute atomic E-state index is 0.296. The lowest BCUT2D eigenvalue weighted by molar-refractivity contribution is 0.00825. The summed E-state index contributed by atoms with van der Waals surface area (Å²) in [7, 11) is 5.10. The zero-order valence-electron chi connectivity index (χ0n) is 18.1. The van der Waals surface area contributed by atoms with Gasteiger partial charge in [-0.05, 0) is 25.0 Å². The van der Waals surface area contributed by atoms with E-state index in [2.05, 4.69) is 20.5 Å². The third kappa shape index (κ3) is 6.00. The average Bonchev–Trinajstić information content (AvgIpc) is 2.77. The molecule has 0 amide bonds. The Labute approximate surface area is 174 Å². The van der Waals surface area contributed by atoms with Gasteiger partial charge >= 0.3 is 0 Å². The number of ether oxygens (including phenoxy) is 3. The van der Waals surface area contributed by atoms with Crippen LogP contribution in [0.5, 0.6) is 11.5 Å². The molecule has 7 nitrogen and oxygen atoms in total. The van der Waals surface area contributed by atoms with Crippen LogP contribution in [0.25, 0.3) is 0 Å². The van der Waals surface area contributed by atoms with Gasteiger partial charge < -0.3 is 24.8 Å². The van der Waals surface area contributed by atoms with Crippen molar-refractivity contribution in [2.75, 3.05) is 66.0 Å². The molecule has 0 bridgehead atoms. The maximum atomic E-state index is 5.53. The predicted molar refractivity (Wildman–Crippen MR) is 117 cm³/mol. The number of nitrogens with one attached hydrogen (secondary N) is 2. The van der Waals surface area contributed by atoms with Crippen LogP contribution in [-0.2, 0) is 4.74 Å². The highest BCUT2D eigenvalue weighted by atomic mass is 16.5. The predicted octanol–water partition coefficient (Wildman–Crippen LogP) is 2.97. The van der Waals surface area contributed by atoms with Crippen LogP contribution in [-0.4, -0.2) is 71.5 Å². The van der Waals surface area contributed by atoms with Crippen molar-refractivity contribution in [3.05, 3.63) is 18.2 Å². The summed E-state index contributed by atoms with van der Waals surface area (Å²) in [4.78, 5) is 7.00. The molecular weight excluding hydrogens is 368 g/mol. The number of nitrogens with zero attached hydrogens (tertiary/aromatic N) is 2. The molecule has 1 aromatic rings. The van der Waals surface area contributed by atoms with E-state index in [0.29, 0.717) is 16.9 Å². The molecule has 1 saturated carbocycles. The second-order valence-electron chi connectivity index (χ2n) is 8.07. The van der Waals surface area contributed by atoms with Gasteiger partial charge in [-0.25, -0.2) is 0 Å². The lowest BCUT2D eigenvalue weighted by Crippen LogP contribution is -2.50. The zero-order valence-corrected chi connectivity index (χ0v) is 18.1. The van der Waals surface area contributed by atoms with Gasteiger partial charge in [0.1, 0.15) is 0 Å². The summed E-state index contributed by atoms with van der Waals surface area (Å²) >= 11 is 0. The topological polar surface area (TPSA) is 67.4 Å². The Balaban J connectivity index is 1.62. The van der Waals surface area contributed by atoms with Gasteiger partial charge in [0.05, 0.1) is 27.4 Å². The van der Waals surface area contributed by atoms with Crippen LogP contribution in [0.15, 0.2) is 23.2 Å². The summed E-state index contributed by atoms with van der Waals surface area (Å²) in [5, 5.41) is 6.98. The lowest BCUT2D eigenvalue weighted by Gasteiger charge is -2.42. The van der Waals surface area contributed by atoms with Gasteiger partial charge in [0.25, 0.3) is 0 Å². The first-order valence-electron chi connectivity index (χ1n) is 10.7. The summed E-state index contributed by atoms with van der Waals surface area (Å²) in [5.41, 5.74) is 1.21. The van der Waals surface area contributed by atoms with Crippen LogP contribution in [0.2, 0.25) is 0 Å². The number of hydrogen-bond acceptors (Lipinski definition) is 5. The van der Waals surface area contributed by atoms with Gasteiger partial charge in [-0.2, -0.15) is 0 Å². The molecular formula is C22H36N4O3. The minimum atomic E-state index is 0.296. The van der Waals surface area contributed by atoms with Gasteiger partial charge in [-0.1, -0.05) is 19.3 Å². The SMILES string of the molecule is CN=C(NCC1(CN2CCOCC2)CCCCC1)Nc1ccc(OC)c(OC)c1. The molecule has 0 atom stereocenters. The Morgan fingerprint density at radius 1 is 1.10 bits per heavy atom. The Morgan fingerprint density at radius 3 is 2.48 bits per heavy atom. The molecule has 1 heterocycles. The van der Waals surface area contributed by atoms with Crippen molar-refractivity contribution in [2.45, 2.75) is 32.1 Å². The Kier molecular flexibility index (Phi) is 8.00. The van der Waals surface area contributed by atoms with Gasteiger partial charge in [-0.3, -0.25) is 9.89 Å². The van der Waals surface area contributed by atoms with E-state index >= 15 is 0 Å². The largest absolute Gasteiger partial charge is 0.493 e. The van der Waals surface area contributed by atoms with E-state index in [1.54, 1.807) is 14.2 Å². The average molecular weight is 405 g/mol. The fraction of sp³-hybridized carbons (Fsp3) is 0.682. The summed E-state index contributed by atoms with van der Waals surface area (Å²) < 4.78 is 16.3. The third-order valence-electron chi connectivity index (χ3n) is 6.08. The molecule has 3 rings (SSSR count). The molecule has 0 radical (unpaired) electrons. The Morgan fingerprint density at radius 2 is 1.83 bits per heavy atom. The number of benzene rings is 1. The quantitative estimate of drug-likeness (QED) is 0.538. The molecule has 1 aliphatic heterocycles. The Hall–Kier alpha value is -1.99. The van der Waals surface area contributed by atoms with Crippen molar-refractivity contribution in [3.8, 4) is 11.5 Å². The lowest BCUT2D eigenvalue weighted by atomic mass is 9.73. The van der Waals surface area contributed by atoms with E-state index in [9.17, 15) is 0 Å². The Bertz CT molecular complexity index is 668. The van der Waals surface area contributed by atoms with Gasteiger partial charge in [0.2, 0.25) is 0 Å². The molecule has 2 fully saturated rings. The number of morpholine rings is 1. The fourth-order valence-electron chi connectivity index (χ4n) is 4.43. The van der Waals surface area contributed by atoms with Crippen LogP contribution >= 0.6 is 0 Å². The van der Waals surface area contributed by atoms with Crippen molar-refractivity contribution in [1.29, 1.82) is 0 Å². The van der Waals surface area contributed by atoms with Crippen LogP contribution in [0.1, 0.15) is 32.1 Å². The smallest absolute Gasteiger partial charge is 0.195 e. The molecule has 2 aliphatic rings. The number of rotatable bonds is 7. The summed E-state index contributed by atoms with van der Waals surface area (Å²) in [6.07, 6.45) is 6.51. The molecule has 0 spiro atoms. The van der Waals surface area contributed by atoms with E-state index in [4.69, 9.17) is 14.2 Å². The van der Waals surface area contributed by atoms with E-state index in [-0.39, 0.29) is 0 Å². The molecule has 2 N–H and O–H groups in total. The highest BCUT2D eigenvalue weighted by Crippen LogP contribution is 2.37. The normalized spacial score (nSPS) is 20.2. The van der Waals surface area contributed by atoms with Gasteiger partial charge in [0.15, 0.2) is 17.5 Å². The maximum absolute atomic E-state index is 5.53. The van der Waals surface area contributed by atoms with Crippen molar-refractivity contribution in [3.63, 3.8) is 0 Å². The highest BCUT2D eigenvalue weighted by molar-refractivity contribution is 5.93. The molecule has 0 aromatic heterocycles. The second kappa shape index (κ2) is 10.7. The van der Waals surface area contributed by atoms with E-state index in [1.165, 1.54) is 32.1 Å². The monoisotopic (exact) mass is 404 g/mol. The number of guanidine groups is 1. The molecule has 7 heteroatoms. The standard InChI is InChI=1S/C22H36N4O3/c1-23-21(25-18-7-8-19(27-2)20(15-18)28-3)24-16-22(9-5-4-6-10-22)17-26-11-13-29-14-12-26/h7-8,15H,4-6,9-14,16-17H2,1-3H3,(H2,23,24,25). The van der Waals surface area contributed by atoms with Crippen molar-refractivity contribution in [2.24, 2.45) is 10.4 Å². The molecule has 29 heavy (non-hydrogen) atoms. The summed E-state index contributed by atoms with van der Waals surface area (Å²) in [6.45, 7) is 5.85. The first kappa shape index (κ1) is 21.7. The zero-order chi connectivity index (χ0) is 20.5. The fourth-order valence-corrected chi connectivity index (χ4v) is 4.43. The van der Waals surface area contributed by atoms with E-state index in [0.717, 1.165) is 51.0 Å². The van der Waals surface area contributed by atoms with Crippen molar-refractivity contribution in [1.82, 2.24) is 10.2 Å². The second-order valence-corrected chi connectivity index (χ2v) is 8.07. The third-order valence-corrected chi connectivity index (χ3v) is 6.08. The van der Waals surface area contributed by atoms with E-state index < -0.39 is 0 Å². The summed E-state index contributed by atoms with van der Waals surface area (Å²) in [5.74, 6) is 2.20. The van der Waals surface area contributed by atoms with Crippen LogP contribution < -0.4 is 20.1 Å². The first-order valence-corrected chi connectivity index (χ1v) is 10.7. The number of aliphatic imine (C=N–C) groups is 1. The highest BCUT2D eigenvalue weighted by Gasteiger charge is 2.34. The molecule has 1 aromatic carbocycles. The molecule has 0 unspecified atom stereocenters. The van der Waals surface area contributed by atoms with Crippen molar-refractivity contribution < 1.29 is 14.2 Å². The number of methoxy groups -OCH3 is 2. The van der Waals surface area contributed by atoms with Gasteiger partial charge in [-0.15, -0.1) is 0 Å². The van der Waals surface area contributed by atoms with Crippen LogP contribution in [0.3, 0.4) is 0 Å². The van der Waals surface area contributed by atoms with E-state index in [1.807, 2.05) is 25.2 Å². The first-order chi connectivity index (χ1) is 14.2. The number of anilines is 1. The van der Waals surface area contributed by atoms with Crippen LogP contribution in [0, 0.1) is 5.41 Å². The maximum Gasteiger partial charge on any atom is 0.195 e. The molecule has 162 valence electrons. The van der Waals surface area contributed by atoms with Crippen LogP contribution in [0.4, 0.5) is 5.69 Å². The van der Waals surface area contributed by atoms with Crippen molar-refractivity contribution >= 4 is 11.6 Å². The van der Waals surface area contributed by atoms with Gasteiger partial charge in [0, 0.05) is 50.4 Å².